The Kier molecular flexibility index (Phi) is 4.39. The molecular weight excluding hydrogens is 312 g/mol. The average molecular weight is 327 g/mol. The van der Waals surface area contributed by atoms with Crippen molar-refractivity contribution in [3.05, 3.63) is 65.4 Å². The van der Waals surface area contributed by atoms with Crippen molar-refractivity contribution < 1.29 is 4.79 Å². The van der Waals surface area contributed by atoms with Crippen molar-refractivity contribution in [2.24, 2.45) is 7.05 Å². The van der Waals surface area contributed by atoms with Gasteiger partial charge < -0.3 is 9.88 Å². The van der Waals surface area contributed by atoms with Crippen LogP contribution in [0.3, 0.4) is 0 Å². The monoisotopic (exact) mass is 326 g/mol. The second-order valence-electron chi connectivity index (χ2n) is 5.13. The lowest BCUT2D eigenvalue weighted by atomic mass is 10.1. The number of amides is 1. The van der Waals surface area contributed by atoms with Crippen LogP contribution in [0, 0.1) is 0 Å². The number of rotatable bonds is 4. The SMILES string of the molecule is Cn1cnnc1-c1ccccc1NC(=O)Cc1ccccc1Cl. The number of nitrogens with zero attached hydrogens (tertiary/aromatic N) is 3. The number of aromatic nitrogens is 3. The molecule has 0 bridgehead atoms. The van der Waals surface area contributed by atoms with Crippen LogP contribution in [-0.4, -0.2) is 20.7 Å². The zero-order valence-corrected chi connectivity index (χ0v) is 13.3. The van der Waals surface area contributed by atoms with Gasteiger partial charge in [-0.15, -0.1) is 10.2 Å². The third-order valence-corrected chi connectivity index (χ3v) is 3.83. The van der Waals surface area contributed by atoms with E-state index in [0.29, 0.717) is 16.5 Å². The number of aryl methyl sites for hydroxylation is 1. The molecule has 5 nitrogen and oxygen atoms in total. The van der Waals surface area contributed by atoms with E-state index in [0.717, 1.165) is 11.1 Å². The van der Waals surface area contributed by atoms with Crippen LogP contribution in [0.1, 0.15) is 5.56 Å². The Hall–Kier alpha value is -2.66. The molecule has 0 spiro atoms. The van der Waals surface area contributed by atoms with Gasteiger partial charge in [0, 0.05) is 17.6 Å². The van der Waals surface area contributed by atoms with E-state index < -0.39 is 0 Å². The summed E-state index contributed by atoms with van der Waals surface area (Å²) < 4.78 is 1.80. The minimum Gasteiger partial charge on any atom is -0.325 e. The topological polar surface area (TPSA) is 59.8 Å². The second-order valence-corrected chi connectivity index (χ2v) is 5.53. The average Bonchev–Trinajstić information content (AvgIpc) is 2.96. The first kappa shape index (κ1) is 15.2. The van der Waals surface area contributed by atoms with Gasteiger partial charge in [0.15, 0.2) is 5.82 Å². The summed E-state index contributed by atoms with van der Waals surface area (Å²) in [7, 11) is 1.86. The van der Waals surface area contributed by atoms with E-state index in [4.69, 9.17) is 11.6 Å². The molecular formula is C17H15ClN4O. The summed E-state index contributed by atoms with van der Waals surface area (Å²) >= 11 is 6.10. The zero-order valence-electron chi connectivity index (χ0n) is 12.5. The summed E-state index contributed by atoms with van der Waals surface area (Å²) in [6.07, 6.45) is 1.84. The van der Waals surface area contributed by atoms with Gasteiger partial charge in [0.1, 0.15) is 6.33 Å². The number of hydrogen-bond donors (Lipinski definition) is 1. The smallest absolute Gasteiger partial charge is 0.228 e. The summed E-state index contributed by atoms with van der Waals surface area (Å²) in [5.41, 5.74) is 2.31. The van der Waals surface area contributed by atoms with Crippen LogP contribution in [0.5, 0.6) is 0 Å². The molecule has 116 valence electrons. The molecule has 3 aromatic rings. The van der Waals surface area contributed by atoms with Crippen LogP contribution in [0.25, 0.3) is 11.4 Å². The highest BCUT2D eigenvalue weighted by molar-refractivity contribution is 6.31. The third-order valence-electron chi connectivity index (χ3n) is 3.46. The fourth-order valence-corrected chi connectivity index (χ4v) is 2.53. The van der Waals surface area contributed by atoms with E-state index in [1.807, 2.05) is 49.5 Å². The van der Waals surface area contributed by atoms with Gasteiger partial charge in [0.25, 0.3) is 0 Å². The lowest BCUT2D eigenvalue weighted by Crippen LogP contribution is -2.15. The number of halogens is 1. The Morgan fingerprint density at radius 3 is 2.65 bits per heavy atom. The molecule has 1 N–H and O–H groups in total. The van der Waals surface area contributed by atoms with E-state index in [2.05, 4.69) is 15.5 Å². The Balaban J connectivity index is 1.82. The molecule has 2 aromatic carbocycles. The molecule has 0 radical (unpaired) electrons. The summed E-state index contributed by atoms with van der Waals surface area (Å²) in [5, 5.41) is 11.5. The number of nitrogens with one attached hydrogen (secondary N) is 1. The molecule has 1 aromatic heterocycles. The van der Waals surface area contributed by atoms with Crippen molar-refractivity contribution >= 4 is 23.2 Å². The van der Waals surface area contributed by atoms with Crippen molar-refractivity contribution in [2.75, 3.05) is 5.32 Å². The molecule has 0 fully saturated rings. The molecule has 0 aliphatic rings. The quantitative estimate of drug-likeness (QED) is 0.800. The van der Waals surface area contributed by atoms with Gasteiger partial charge in [-0.25, -0.2) is 0 Å². The van der Waals surface area contributed by atoms with E-state index in [1.165, 1.54) is 0 Å². The summed E-state index contributed by atoms with van der Waals surface area (Å²) in [4.78, 5) is 12.3. The Morgan fingerprint density at radius 2 is 1.91 bits per heavy atom. The van der Waals surface area contributed by atoms with Gasteiger partial charge in [-0.05, 0) is 23.8 Å². The van der Waals surface area contributed by atoms with Crippen LogP contribution < -0.4 is 5.32 Å². The number of hydrogen-bond acceptors (Lipinski definition) is 3. The fraction of sp³-hybridized carbons (Fsp3) is 0.118. The van der Waals surface area contributed by atoms with Crippen molar-refractivity contribution in [1.29, 1.82) is 0 Å². The minimum absolute atomic E-state index is 0.132. The van der Waals surface area contributed by atoms with Gasteiger partial charge in [-0.2, -0.15) is 0 Å². The Morgan fingerprint density at radius 1 is 1.17 bits per heavy atom. The maximum Gasteiger partial charge on any atom is 0.228 e. The van der Waals surface area contributed by atoms with Crippen LogP contribution in [-0.2, 0) is 18.3 Å². The highest BCUT2D eigenvalue weighted by Crippen LogP contribution is 2.26. The van der Waals surface area contributed by atoms with Crippen LogP contribution in [0.4, 0.5) is 5.69 Å². The van der Waals surface area contributed by atoms with E-state index in [-0.39, 0.29) is 12.3 Å². The second kappa shape index (κ2) is 6.62. The molecule has 1 amide bonds. The molecule has 1 heterocycles. The molecule has 0 saturated heterocycles. The number of carbonyl (C=O) groups excluding carboxylic acids is 1. The molecule has 0 saturated carbocycles. The van der Waals surface area contributed by atoms with E-state index in [9.17, 15) is 4.79 Å². The molecule has 0 aliphatic heterocycles. The van der Waals surface area contributed by atoms with Crippen molar-refractivity contribution in [3.8, 4) is 11.4 Å². The van der Waals surface area contributed by atoms with Gasteiger partial charge in [0.05, 0.1) is 12.1 Å². The number of benzene rings is 2. The molecule has 0 unspecified atom stereocenters. The number of para-hydroxylation sites is 1. The van der Waals surface area contributed by atoms with Gasteiger partial charge >= 0.3 is 0 Å². The number of anilines is 1. The highest BCUT2D eigenvalue weighted by atomic mass is 35.5. The number of carbonyl (C=O) groups is 1. The predicted molar refractivity (Wildman–Crippen MR) is 90.2 cm³/mol. The normalized spacial score (nSPS) is 10.5. The first-order valence-electron chi connectivity index (χ1n) is 7.12. The molecule has 0 aliphatic carbocycles. The summed E-state index contributed by atoms with van der Waals surface area (Å²) in [6, 6.07) is 14.8. The molecule has 3 rings (SSSR count). The standard InChI is InChI=1S/C17H15ClN4O/c1-22-11-19-21-17(22)13-7-3-5-9-15(13)20-16(23)10-12-6-2-4-8-14(12)18/h2-9,11H,10H2,1H3,(H,20,23). The van der Waals surface area contributed by atoms with Crippen molar-refractivity contribution in [3.63, 3.8) is 0 Å². The highest BCUT2D eigenvalue weighted by Gasteiger charge is 2.13. The maximum atomic E-state index is 12.3. The first-order valence-corrected chi connectivity index (χ1v) is 7.49. The van der Waals surface area contributed by atoms with Gasteiger partial charge in [-0.3, -0.25) is 4.79 Å². The Labute approximate surface area is 138 Å². The fourth-order valence-electron chi connectivity index (χ4n) is 2.32. The van der Waals surface area contributed by atoms with Crippen molar-refractivity contribution in [1.82, 2.24) is 14.8 Å². The summed E-state index contributed by atoms with van der Waals surface area (Å²) in [6.45, 7) is 0. The largest absolute Gasteiger partial charge is 0.325 e. The first-order chi connectivity index (χ1) is 11.1. The van der Waals surface area contributed by atoms with E-state index in [1.54, 1.807) is 17.0 Å². The Bertz CT molecular complexity index is 844. The van der Waals surface area contributed by atoms with Crippen LogP contribution >= 0.6 is 11.6 Å². The van der Waals surface area contributed by atoms with Crippen LogP contribution in [0.15, 0.2) is 54.9 Å². The minimum atomic E-state index is -0.132. The zero-order chi connectivity index (χ0) is 16.2. The third kappa shape index (κ3) is 3.40. The molecule has 6 heteroatoms. The molecule has 23 heavy (non-hydrogen) atoms. The molecule has 0 atom stereocenters. The lowest BCUT2D eigenvalue weighted by molar-refractivity contribution is -0.115. The maximum absolute atomic E-state index is 12.3. The van der Waals surface area contributed by atoms with Crippen LogP contribution in [0.2, 0.25) is 5.02 Å². The van der Waals surface area contributed by atoms with E-state index >= 15 is 0 Å². The van der Waals surface area contributed by atoms with Gasteiger partial charge in [-0.1, -0.05) is 41.9 Å². The summed E-state index contributed by atoms with van der Waals surface area (Å²) in [5.74, 6) is 0.561. The van der Waals surface area contributed by atoms with Gasteiger partial charge in [0.2, 0.25) is 5.91 Å². The van der Waals surface area contributed by atoms with Crippen molar-refractivity contribution in [2.45, 2.75) is 6.42 Å². The lowest BCUT2D eigenvalue weighted by Gasteiger charge is -2.11. The predicted octanol–water partition coefficient (Wildman–Crippen LogP) is 3.32.